The normalized spacial score (nSPS) is 14.4. The molecule has 3 aromatic rings. The number of nitrogens with zero attached hydrogens (tertiary/aromatic N) is 4. The minimum atomic E-state index is -0.438. The average molecular weight is 418 g/mol. The number of fused-ring (bicyclic) bond motifs is 1. The number of anilines is 1. The molecule has 31 heavy (non-hydrogen) atoms. The number of aromatic nitrogens is 3. The Morgan fingerprint density at radius 1 is 1.03 bits per heavy atom. The van der Waals surface area contributed by atoms with Crippen molar-refractivity contribution in [1.29, 1.82) is 0 Å². The van der Waals surface area contributed by atoms with Crippen LogP contribution in [-0.4, -0.2) is 38.7 Å². The third kappa shape index (κ3) is 4.63. The fraction of sp³-hybridized carbons (Fsp3) is 0.400. The van der Waals surface area contributed by atoms with Crippen LogP contribution in [0.1, 0.15) is 50.5 Å². The predicted octanol–water partition coefficient (Wildman–Crippen LogP) is 4.69. The Hall–Kier alpha value is -3.15. The molecular formula is C25H31N5O. The quantitative estimate of drug-likeness (QED) is 0.606. The smallest absolute Gasteiger partial charge is 0.249 e. The van der Waals surface area contributed by atoms with Crippen LogP contribution in [0.15, 0.2) is 54.6 Å². The van der Waals surface area contributed by atoms with Crippen LogP contribution in [0.2, 0.25) is 0 Å². The molecule has 1 aromatic heterocycles. The third-order valence-electron chi connectivity index (χ3n) is 6.00. The molecule has 0 spiro atoms. The monoisotopic (exact) mass is 417 g/mol. The maximum atomic E-state index is 13.3. The summed E-state index contributed by atoms with van der Waals surface area (Å²) in [6.07, 6.45) is 4.55. The predicted molar refractivity (Wildman–Crippen MR) is 124 cm³/mol. The number of amides is 1. The first-order valence-electron chi connectivity index (χ1n) is 11.3. The van der Waals surface area contributed by atoms with E-state index in [9.17, 15) is 4.79 Å². The summed E-state index contributed by atoms with van der Waals surface area (Å²) in [4.78, 5) is 15.2. The Balaban J connectivity index is 1.64. The zero-order valence-electron chi connectivity index (χ0n) is 18.4. The molecule has 0 bridgehead atoms. The van der Waals surface area contributed by atoms with Gasteiger partial charge in [-0.2, -0.15) is 0 Å². The van der Waals surface area contributed by atoms with Gasteiger partial charge in [-0.25, -0.2) is 0 Å². The lowest BCUT2D eigenvalue weighted by Gasteiger charge is -2.27. The second-order valence-corrected chi connectivity index (χ2v) is 7.98. The zero-order chi connectivity index (χ0) is 21.6. The Bertz CT molecular complexity index is 1010. The van der Waals surface area contributed by atoms with Gasteiger partial charge in [-0.15, -0.1) is 10.2 Å². The lowest BCUT2D eigenvalue weighted by molar-refractivity contribution is -0.131. The molecule has 6 heteroatoms. The molecule has 0 saturated heterocycles. The molecular weight excluding hydrogens is 386 g/mol. The summed E-state index contributed by atoms with van der Waals surface area (Å²) >= 11 is 0. The summed E-state index contributed by atoms with van der Waals surface area (Å²) in [5.74, 6) is 2.06. The number of carbonyl (C=O) groups excluding carboxylic acids is 1. The van der Waals surface area contributed by atoms with Crippen LogP contribution in [0.3, 0.4) is 0 Å². The van der Waals surface area contributed by atoms with Gasteiger partial charge in [-0.3, -0.25) is 4.79 Å². The van der Waals surface area contributed by atoms with Crippen molar-refractivity contribution in [3.63, 3.8) is 0 Å². The van der Waals surface area contributed by atoms with Gasteiger partial charge in [0.25, 0.3) is 0 Å². The lowest BCUT2D eigenvalue weighted by atomic mass is 10.0. The second kappa shape index (κ2) is 9.77. The van der Waals surface area contributed by atoms with Gasteiger partial charge >= 0.3 is 0 Å². The van der Waals surface area contributed by atoms with E-state index in [4.69, 9.17) is 0 Å². The molecule has 2 aromatic carbocycles. The van der Waals surface area contributed by atoms with Crippen molar-refractivity contribution in [3.8, 4) is 11.4 Å². The van der Waals surface area contributed by atoms with Crippen LogP contribution in [0, 0.1) is 0 Å². The summed E-state index contributed by atoms with van der Waals surface area (Å²) < 4.78 is 2.25. The number of benzene rings is 2. The van der Waals surface area contributed by atoms with E-state index in [1.165, 1.54) is 12.8 Å². The summed E-state index contributed by atoms with van der Waals surface area (Å²) in [5.41, 5.74) is 2.88. The van der Waals surface area contributed by atoms with Gasteiger partial charge in [0, 0.05) is 37.3 Å². The second-order valence-electron chi connectivity index (χ2n) is 7.98. The van der Waals surface area contributed by atoms with Crippen LogP contribution in [0.25, 0.3) is 11.4 Å². The van der Waals surface area contributed by atoms with Crippen molar-refractivity contribution in [2.45, 2.75) is 52.1 Å². The SMILES string of the molecule is CCN(CC)C(=O)[C@@H](Nc1cccc(-c2nnc3n2CCCCC3)c1)c1ccccc1. The Kier molecular flexibility index (Phi) is 6.65. The molecule has 2 heterocycles. The minimum Gasteiger partial charge on any atom is -0.370 e. The molecule has 0 radical (unpaired) electrons. The molecule has 1 atom stereocenters. The van der Waals surface area contributed by atoms with E-state index in [1.54, 1.807) is 0 Å². The fourth-order valence-electron chi connectivity index (χ4n) is 4.26. The summed E-state index contributed by atoms with van der Waals surface area (Å²) in [7, 11) is 0. The van der Waals surface area contributed by atoms with Crippen molar-refractivity contribution in [1.82, 2.24) is 19.7 Å². The van der Waals surface area contributed by atoms with Gasteiger partial charge < -0.3 is 14.8 Å². The molecule has 0 saturated carbocycles. The van der Waals surface area contributed by atoms with Gasteiger partial charge in [0.1, 0.15) is 11.9 Å². The van der Waals surface area contributed by atoms with Crippen LogP contribution < -0.4 is 5.32 Å². The molecule has 1 aliphatic rings. The lowest BCUT2D eigenvalue weighted by Crippen LogP contribution is -2.37. The van der Waals surface area contributed by atoms with Crippen molar-refractivity contribution in [3.05, 3.63) is 66.0 Å². The van der Waals surface area contributed by atoms with E-state index >= 15 is 0 Å². The van der Waals surface area contributed by atoms with Crippen molar-refractivity contribution < 1.29 is 4.79 Å². The molecule has 1 aliphatic heterocycles. The number of hydrogen-bond donors (Lipinski definition) is 1. The molecule has 162 valence electrons. The van der Waals surface area contributed by atoms with E-state index in [1.807, 2.05) is 61.2 Å². The summed E-state index contributed by atoms with van der Waals surface area (Å²) in [5, 5.41) is 12.4. The van der Waals surface area contributed by atoms with E-state index in [-0.39, 0.29) is 5.91 Å². The molecule has 6 nitrogen and oxygen atoms in total. The Morgan fingerprint density at radius 3 is 2.61 bits per heavy atom. The molecule has 4 rings (SSSR count). The molecule has 1 amide bonds. The highest BCUT2D eigenvalue weighted by Gasteiger charge is 2.25. The van der Waals surface area contributed by atoms with Crippen LogP contribution in [0.5, 0.6) is 0 Å². The van der Waals surface area contributed by atoms with E-state index in [2.05, 4.69) is 32.2 Å². The highest BCUT2D eigenvalue weighted by molar-refractivity contribution is 5.86. The van der Waals surface area contributed by atoms with E-state index in [0.717, 1.165) is 47.8 Å². The van der Waals surface area contributed by atoms with E-state index in [0.29, 0.717) is 13.1 Å². The van der Waals surface area contributed by atoms with E-state index < -0.39 is 6.04 Å². The number of rotatable bonds is 7. The van der Waals surface area contributed by atoms with Crippen LogP contribution in [-0.2, 0) is 17.8 Å². The molecule has 0 fully saturated rings. The first-order chi connectivity index (χ1) is 15.2. The van der Waals surface area contributed by atoms with Crippen molar-refractivity contribution >= 4 is 11.6 Å². The standard InChI is InChI=1S/C25H31N5O/c1-3-29(4-2)25(31)23(19-12-7-5-8-13-19)26-21-15-11-14-20(18-21)24-28-27-22-16-9-6-10-17-30(22)24/h5,7-8,11-15,18,23,26H,3-4,6,9-10,16-17H2,1-2H3/t23-/m0/s1. The number of aryl methyl sites for hydroxylation is 1. The fourth-order valence-corrected chi connectivity index (χ4v) is 4.26. The average Bonchev–Trinajstić information content (AvgIpc) is 3.07. The highest BCUT2D eigenvalue weighted by Crippen LogP contribution is 2.27. The third-order valence-corrected chi connectivity index (χ3v) is 6.00. The summed E-state index contributed by atoms with van der Waals surface area (Å²) in [6.45, 7) is 6.36. The highest BCUT2D eigenvalue weighted by atomic mass is 16.2. The number of hydrogen-bond acceptors (Lipinski definition) is 4. The zero-order valence-corrected chi connectivity index (χ0v) is 18.4. The number of likely N-dealkylation sites (N-methyl/N-ethyl adjacent to an activating group) is 1. The largest absolute Gasteiger partial charge is 0.370 e. The number of carbonyl (C=O) groups is 1. The molecule has 0 aliphatic carbocycles. The first kappa shape index (κ1) is 21.1. The van der Waals surface area contributed by atoms with Crippen molar-refractivity contribution in [2.24, 2.45) is 0 Å². The maximum Gasteiger partial charge on any atom is 0.249 e. The van der Waals surface area contributed by atoms with Gasteiger partial charge in [0.15, 0.2) is 5.82 Å². The topological polar surface area (TPSA) is 63.1 Å². The number of nitrogens with one attached hydrogen (secondary N) is 1. The first-order valence-corrected chi connectivity index (χ1v) is 11.3. The van der Waals surface area contributed by atoms with Crippen LogP contribution in [0.4, 0.5) is 5.69 Å². The van der Waals surface area contributed by atoms with Gasteiger partial charge in [0.05, 0.1) is 0 Å². The van der Waals surface area contributed by atoms with Crippen molar-refractivity contribution in [2.75, 3.05) is 18.4 Å². The van der Waals surface area contributed by atoms with Gasteiger partial charge in [0.2, 0.25) is 5.91 Å². The van der Waals surface area contributed by atoms with Gasteiger partial charge in [-0.1, -0.05) is 48.9 Å². The molecule has 0 unspecified atom stereocenters. The maximum absolute atomic E-state index is 13.3. The summed E-state index contributed by atoms with van der Waals surface area (Å²) in [6, 6.07) is 17.7. The Morgan fingerprint density at radius 2 is 1.84 bits per heavy atom. The molecule has 1 N–H and O–H groups in total. The van der Waals surface area contributed by atoms with Crippen LogP contribution >= 0.6 is 0 Å². The minimum absolute atomic E-state index is 0.0814. The Labute approximate surface area is 184 Å². The van der Waals surface area contributed by atoms with Gasteiger partial charge in [-0.05, 0) is 44.4 Å².